The van der Waals surface area contributed by atoms with Crippen molar-refractivity contribution in [1.82, 2.24) is 9.97 Å². The molecule has 0 fully saturated rings. The molecule has 2 N–H and O–H groups in total. The summed E-state index contributed by atoms with van der Waals surface area (Å²) in [6.45, 7) is 0. The van der Waals surface area contributed by atoms with E-state index in [9.17, 15) is 4.39 Å². The molecule has 0 spiro atoms. The minimum Gasteiger partial charge on any atom is -0.374 e. The highest BCUT2D eigenvalue weighted by Crippen LogP contribution is 2.43. The zero-order valence-corrected chi connectivity index (χ0v) is 12.8. The lowest BCUT2D eigenvalue weighted by Crippen LogP contribution is -2.11. The van der Waals surface area contributed by atoms with Gasteiger partial charge in [-0.2, -0.15) is 0 Å². The van der Waals surface area contributed by atoms with Crippen LogP contribution in [0.5, 0.6) is 0 Å². The zero-order chi connectivity index (χ0) is 16.1. The lowest BCUT2D eigenvalue weighted by atomic mass is 9.97. The van der Waals surface area contributed by atoms with Gasteiger partial charge in [0.05, 0.1) is 6.04 Å². The molecule has 1 aliphatic heterocycles. The molecular weight excluding hydrogens is 301 g/mol. The van der Waals surface area contributed by atoms with E-state index in [4.69, 9.17) is 0 Å². The topological polar surface area (TPSA) is 40.7 Å². The molecule has 0 bridgehead atoms. The number of nitrogens with one attached hydrogen (secondary N) is 2. The number of H-pyrrole nitrogens is 1. The largest absolute Gasteiger partial charge is 0.374 e. The first-order chi connectivity index (χ1) is 11.8. The Morgan fingerprint density at radius 3 is 2.79 bits per heavy atom. The predicted molar refractivity (Wildman–Crippen MR) is 93.4 cm³/mol. The van der Waals surface area contributed by atoms with Crippen LogP contribution < -0.4 is 5.32 Å². The first kappa shape index (κ1) is 13.3. The zero-order valence-electron chi connectivity index (χ0n) is 12.8. The van der Waals surface area contributed by atoms with E-state index in [0.29, 0.717) is 0 Å². The normalized spacial score (nSPS) is 15.6. The van der Waals surface area contributed by atoms with Gasteiger partial charge < -0.3 is 10.3 Å². The molecule has 3 heterocycles. The summed E-state index contributed by atoms with van der Waals surface area (Å²) in [7, 11) is 0. The van der Waals surface area contributed by atoms with Crippen LogP contribution in [-0.4, -0.2) is 9.97 Å². The van der Waals surface area contributed by atoms with Gasteiger partial charge >= 0.3 is 0 Å². The second-order valence-electron chi connectivity index (χ2n) is 6.00. The Bertz CT molecular complexity index is 1070. The molecule has 0 amide bonds. The summed E-state index contributed by atoms with van der Waals surface area (Å²) in [5.74, 6) is -0.231. The van der Waals surface area contributed by atoms with Crippen LogP contribution in [0.15, 0.2) is 67.0 Å². The molecule has 1 unspecified atom stereocenters. The Kier molecular flexibility index (Phi) is 2.73. The molecule has 0 aliphatic carbocycles. The standard InChI is InChI=1S/C20H14FN3/c21-13-5-3-4-12(10-13)19-16-11-23-20-18(16)15(8-9-22-20)14-6-1-2-7-17(14)24-19/h1-11,19,24H,(H,22,23). The number of benzene rings is 2. The average Bonchev–Trinajstić information content (AvgIpc) is 2.97. The van der Waals surface area contributed by atoms with Gasteiger partial charge in [-0.1, -0.05) is 30.3 Å². The summed E-state index contributed by atoms with van der Waals surface area (Å²) in [5.41, 5.74) is 6.12. The maximum absolute atomic E-state index is 13.8. The van der Waals surface area contributed by atoms with Crippen LogP contribution in [-0.2, 0) is 0 Å². The highest BCUT2D eigenvalue weighted by Gasteiger charge is 2.25. The lowest BCUT2D eigenvalue weighted by molar-refractivity contribution is 0.624. The Labute approximate surface area is 138 Å². The highest BCUT2D eigenvalue weighted by atomic mass is 19.1. The van der Waals surface area contributed by atoms with E-state index in [-0.39, 0.29) is 11.9 Å². The summed E-state index contributed by atoms with van der Waals surface area (Å²) in [4.78, 5) is 7.70. The fourth-order valence-electron chi connectivity index (χ4n) is 3.56. The third-order valence-corrected chi connectivity index (χ3v) is 4.61. The first-order valence-electron chi connectivity index (χ1n) is 7.88. The van der Waals surface area contributed by atoms with Gasteiger partial charge in [-0.25, -0.2) is 9.37 Å². The number of halogens is 1. The Hall–Kier alpha value is -3.14. The molecule has 0 radical (unpaired) electrons. The van der Waals surface area contributed by atoms with Gasteiger partial charge in [-0.05, 0) is 35.4 Å². The van der Waals surface area contributed by atoms with E-state index in [2.05, 4.69) is 27.4 Å². The number of para-hydroxylation sites is 1. The number of rotatable bonds is 1. The van der Waals surface area contributed by atoms with Crippen molar-refractivity contribution in [2.75, 3.05) is 5.32 Å². The molecule has 1 atom stereocenters. The Balaban J connectivity index is 1.85. The Morgan fingerprint density at radius 1 is 0.958 bits per heavy atom. The lowest BCUT2D eigenvalue weighted by Gasteiger charge is -2.19. The van der Waals surface area contributed by atoms with Gasteiger partial charge in [0.15, 0.2) is 0 Å². The molecule has 24 heavy (non-hydrogen) atoms. The van der Waals surface area contributed by atoms with Crippen LogP contribution in [0.1, 0.15) is 17.2 Å². The fourth-order valence-corrected chi connectivity index (χ4v) is 3.56. The summed E-state index contributed by atoms with van der Waals surface area (Å²) < 4.78 is 13.8. The van der Waals surface area contributed by atoms with E-state index in [1.54, 1.807) is 12.1 Å². The van der Waals surface area contributed by atoms with Crippen molar-refractivity contribution in [3.05, 3.63) is 83.9 Å². The van der Waals surface area contributed by atoms with Crippen LogP contribution >= 0.6 is 0 Å². The molecule has 2 aromatic carbocycles. The van der Waals surface area contributed by atoms with E-state index in [1.807, 2.05) is 36.7 Å². The smallest absolute Gasteiger partial charge is 0.138 e. The number of nitrogens with zero attached hydrogens (tertiary/aromatic N) is 1. The van der Waals surface area contributed by atoms with E-state index >= 15 is 0 Å². The van der Waals surface area contributed by atoms with Gasteiger partial charge in [0.2, 0.25) is 0 Å². The number of pyridine rings is 1. The predicted octanol–water partition coefficient (Wildman–Crippen LogP) is 4.88. The van der Waals surface area contributed by atoms with Gasteiger partial charge in [-0.15, -0.1) is 0 Å². The SMILES string of the molecule is Fc1cccc(C2Nc3ccccc3-c3ccnc4[nH]cc2c34)c1. The van der Waals surface area contributed by atoms with Crippen LogP contribution in [0.25, 0.3) is 22.2 Å². The maximum Gasteiger partial charge on any atom is 0.138 e. The molecule has 3 nitrogen and oxygen atoms in total. The minimum atomic E-state index is -0.231. The van der Waals surface area contributed by atoms with Crippen molar-refractivity contribution in [2.24, 2.45) is 0 Å². The minimum absolute atomic E-state index is 0.138. The molecule has 4 heteroatoms. The van der Waals surface area contributed by atoms with Crippen LogP contribution in [0, 0.1) is 5.82 Å². The van der Waals surface area contributed by atoms with Crippen LogP contribution in [0.3, 0.4) is 0 Å². The molecule has 116 valence electrons. The number of fused-ring (bicyclic) bond motifs is 2. The fraction of sp³-hybridized carbons (Fsp3) is 0.0500. The van der Waals surface area contributed by atoms with E-state index in [1.165, 1.54) is 6.07 Å². The van der Waals surface area contributed by atoms with Gasteiger partial charge in [0, 0.05) is 34.6 Å². The summed E-state index contributed by atoms with van der Waals surface area (Å²) in [6, 6.07) is 16.8. The summed E-state index contributed by atoms with van der Waals surface area (Å²) in [6.07, 6.45) is 3.78. The molecule has 1 aliphatic rings. The Morgan fingerprint density at radius 2 is 1.88 bits per heavy atom. The quantitative estimate of drug-likeness (QED) is 0.525. The highest BCUT2D eigenvalue weighted by molar-refractivity contribution is 6.01. The van der Waals surface area contributed by atoms with Crippen molar-refractivity contribution in [2.45, 2.75) is 6.04 Å². The van der Waals surface area contributed by atoms with Crippen molar-refractivity contribution < 1.29 is 4.39 Å². The molecular formula is C20H14FN3. The monoisotopic (exact) mass is 315 g/mol. The summed E-state index contributed by atoms with van der Waals surface area (Å²) in [5, 5.41) is 4.67. The molecule has 0 saturated carbocycles. The van der Waals surface area contributed by atoms with Gasteiger partial charge in [0.1, 0.15) is 11.5 Å². The number of aromatic amines is 1. The van der Waals surface area contributed by atoms with Crippen molar-refractivity contribution >= 4 is 16.7 Å². The van der Waals surface area contributed by atoms with Gasteiger partial charge in [-0.3, -0.25) is 0 Å². The summed E-state index contributed by atoms with van der Waals surface area (Å²) >= 11 is 0. The number of anilines is 1. The number of hydrogen-bond acceptors (Lipinski definition) is 2. The maximum atomic E-state index is 13.8. The third kappa shape index (κ3) is 1.86. The van der Waals surface area contributed by atoms with E-state index < -0.39 is 0 Å². The molecule has 2 aromatic heterocycles. The molecule has 5 rings (SSSR count). The van der Waals surface area contributed by atoms with Crippen LogP contribution in [0.2, 0.25) is 0 Å². The second-order valence-corrected chi connectivity index (χ2v) is 6.00. The number of hydrogen-bond donors (Lipinski definition) is 2. The van der Waals surface area contributed by atoms with E-state index in [0.717, 1.165) is 39.0 Å². The third-order valence-electron chi connectivity index (χ3n) is 4.61. The average molecular weight is 315 g/mol. The molecule has 0 saturated heterocycles. The van der Waals surface area contributed by atoms with Crippen LogP contribution in [0.4, 0.5) is 10.1 Å². The van der Waals surface area contributed by atoms with Crippen molar-refractivity contribution in [3.8, 4) is 11.1 Å². The van der Waals surface area contributed by atoms with Crippen molar-refractivity contribution in [3.63, 3.8) is 0 Å². The second kappa shape index (κ2) is 4.93. The first-order valence-corrected chi connectivity index (χ1v) is 7.88. The molecule has 4 aromatic rings. The van der Waals surface area contributed by atoms with Crippen molar-refractivity contribution in [1.29, 1.82) is 0 Å². The van der Waals surface area contributed by atoms with Gasteiger partial charge in [0.25, 0.3) is 0 Å². The number of aromatic nitrogens is 2.